The number of aryl methyl sites for hydroxylation is 1. The van der Waals surface area contributed by atoms with Gasteiger partial charge < -0.3 is 0 Å². The molecule has 0 radical (unpaired) electrons. The molecule has 0 aliphatic carbocycles. The second-order valence-corrected chi connectivity index (χ2v) is 6.91. The molecule has 0 aliphatic heterocycles. The number of halogens is 3. The molecule has 0 saturated carbocycles. The summed E-state index contributed by atoms with van der Waals surface area (Å²) in [5, 5.41) is 5.90. The van der Waals surface area contributed by atoms with Crippen molar-refractivity contribution in [1.82, 2.24) is 24.7 Å². The van der Waals surface area contributed by atoms with Gasteiger partial charge >= 0.3 is 6.18 Å². The van der Waals surface area contributed by atoms with Crippen molar-refractivity contribution in [2.75, 3.05) is 0 Å². The molecule has 0 aromatic carbocycles. The number of alkyl halides is 3. The van der Waals surface area contributed by atoms with Gasteiger partial charge in [-0.05, 0) is 19.1 Å². The molecular weight excluding hydrogens is 391 g/mol. The largest absolute Gasteiger partial charge is 0.408 e. The Morgan fingerprint density at radius 2 is 1.79 bits per heavy atom. The van der Waals surface area contributed by atoms with Crippen molar-refractivity contribution in [2.45, 2.75) is 19.6 Å². The van der Waals surface area contributed by atoms with E-state index in [2.05, 4.69) is 20.1 Å². The van der Waals surface area contributed by atoms with E-state index in [9.17, 15) is 18.0 Å². The van der Waals surface area contributed by atoms with Gasteiger partial charge in [0.25, 0.3) is 5.56 Å². The molecule has 0 unspecified atom stereocenters. The molecule has 4 aromatic heterocycles. The summed E-state index contributed by atoms with van der Waals surface area (Å²) in [6.07, 6.45) is 1.55. The number of thiophene rings is 1. The molecule has 10 heteroatoms. The summed E-state index contributed by atoms with van der Waals surface area (Å²) < 4.78 is 40.0. The maximum absolute atomic E-state index is 13.0. The van der Waals surface area contributed by atoms with E-state index in [-0.39, 0.29) is 5.39 Å². The van der Waals surface area contributed by atoms with Gasteiger partial charge in [0.1, 0.15) is 18.1 Å². The van der Waals surface area contributed by atoms with Gasteiger partial charge in [0.2, 0.25) is 0 Å². The third kappa shape index (κ3) is 3.38. The summed E-state index contributed by atoms with van der Waals surface area (Å²) in [6.45, 7) is 0.247. The van der Waals surface area contributed by atoms with E-state index >= 15 is 0 Å². The molecule has 0 bridgehead atoms. The predicted molar refractivity (Wildman–Crippen MR) is 98.9 cm³/mol. The molecule has 6 nitrogen and oxygen atoms in total. The fourth-order valence-corrected chi connectivity index (χ4v) is 3.88. The van der Waals surface area contributed by atoms with Crippen molar-refractivity contribution in [3.8, 4) is 22.4 Å². The van der Waals surface area contributed by atoms with Crippen LogP contribution in [0.25, 0.3) is 32.5 Å². The fraction of sp³-hybridized carbons (Fsp3) is 0.167. The van der Waals surface area contributed by atoms with E-state index < -0.39 is 18.3 Å². The topological polar surface area (TPSA) is 73.6 Å². The lowest BCUT2D eigenvalue weighted by atomic mass is 10.1. The Bertz CT molecular complexity index is 1200. The predicted octanol–water partition coefficient (Wildman–Crippen LogP) is 3.85. The zero-order valence-electron chi connectivity index (χ0n) is 14.4. The van der Waals surface area contributed by atoms with Crippen LogP contribution in [0.15, 0.2) is 47.1 Å². The lowest BCUT2D eigenvalue weighted by Crippen LogP contribution is -2.30. The minimum absolute atomic E-state index is 0.170. The molecule has 0 spiro atoms. The van der Waals surface area contributed by atoms with Crippen LogP contribution in [-0.2, 0) is 6.54 Å². The quantitative estimate of drug-likeness (QED) is 0.520. The van der Waals surface area contributed by atoms with Crippen molar-refractivity contribution in [3.63, 3.8) is 0 Å². The van der Waals surface area contributed by atoms with Gasteiger partial charge in [-0.3, -0.25) is 9.78 Å². The van der Waals surface area contributed by atoms with Crippen LogP contribution in [0.4, 0.5) is 13.2 Å². The summed E-state index contributed by atoms with van der Waals surface area (Å²) in [5.74, 6) is 0.553. The van der Waals surface area contributed by atoms with E-state index in [1.54, 1.807) is 36.8 Å². The highest BCUT2D eigenvalue weighted by Gasteiger charge is 2.30. The zero-order chi connectivity index (χ0) is 19.9. The standard InChI is InChI=1S/C18H12F3N5OS/c1-10-23-6-12(7-24-10)13-8-28-16-14(13)17(27)26(9-18(19,20)21)25-15(16)11-2-4-22-5-3-11/h2-8H,9H2,1H3. The van der Waals surface area contributed by atoms with Crippen molar-refractivity contribution >= 4 is 21.4 Å². The van der Waals surface area contributed by atoms with Gasteiger partial charge in [-0.1, -0.05) is 0 Å². The van der Waals surface area contributed by atoms with Crippen LogP contribution < -0.4 is 5.56 Å². The lowest BCUT2D eigenvalue weighted by molar-refractivity contribution is -0.143. The normalized spacial score (nSPS) is 11.9. The molecule has 0 N–H and O–H groups in total. The van der Waals surface area contributed by atoms with Crippen molar-refractivity contribution < 1.29 is 13.2 Å². The summed E-state index contributed by atoms with van der Waals surface area (Å²) in [4.78, 5) is 25.0. The Balaban J connectivity index is 2.03. The van der Waals surface area contributed by atoms with E-state index in [0.29, 0.717) is 37.6 Å². The van der Waals surface area contributed by atoms with Gasteiger partial charge in [0.05, 0.1) is 10.1 Å². The molecule has 0 atom stereocenters. The number of hydrogen-bond donors (Lipinski definition) is 0. The van der Waals surface area contributed by atoms with Crippen LogP contribution in [-0.4, -0.2) is 30.9 Å². The van der Waals surface area contributed by atoms with Gasteiger partial charge in [0, 0.05) is 46.9 Å². The molecule has 0 amide bonds. The highest BCUT2D eigenvalue weighted by atomic mass is 32.1. The van der Waals surface area contributed by atoms with E-state index in [1.807, 2.05) is 0 Å². The lowest BCUT2D eigenvalue weighted by Gasteiger charge is -2.11. The molecule has 0 aliphatic rings. The molecule has 4 aromatic rings. The van der Waals surface area contributed by atoms with E-state index in [1.165, 1.54) is 23.7 Å². The first kappa shape index (κ1) is 18.2. The molecule has 142 valence electrons. The summed E-state index contributed by atoms with van der Waals surface area (Å²) in [5.41, 5.74) is 1.11. The molecular formula is C18H12F3N5OS. The zero-order valence-corrected chi connectivity index (χ0v) is 15.3. The van der Waals surface area contributed by atoms with Crippen LogP contribution in [0.3, 0.4) is 0 Å². The van der Waals surface area contributed by atoms with Crippen LogP contribution >= 0.6 is 11.3 Å². The third-order valence-electron chi connectivity index (χ3n) is 4.05. The maximum Gasteiger partial charge on any atom is 0.408 e. The first-order valence-electron chi connectivity index (χ1n) is 8.12. The van der Waals surface area contributed by atoms with Crippen molar-refractivity contribution in [3.05, 3.63) is 58.5 Å². The number of fused-ring (bicyclic) bond motifs is 1. The van der Waals surface area contributed by atoms with Gasteiger partial charge in [-0.25, -0.2) is 14.6 Å². The van der Waals surface area contributed by atoms with Crippen molar-refractivity contribution in [2.24, 2.45) is 0 Å². The Labute approximate surface area is 160 Å². The number of hydrogen-bond acceptors (Lipinski definition) is 6. The van der Waals surface area contributed by atoms with E-state index in [0.717, 1.165) is 0 Å². The van der Waals surface area contributed by atoms with Crippen molar-refractivity contribution in [1.29, 1.82) is 0 Å². The average Bonchev–Trinajstić information content (AvgIpc) is 3.10. The van der Waals surface area contributed by atoms with Gasteiger partial charge in [-0.2, -0.15) is 18.3 Å². The van der Waals surface area contributed by atoms with Crippen LogP contribution in [0.2, 0.25) is 0 Å². The third-order valence-corrected chi connectivity index (χ3v) is 5.04. The minimum atomic E-state index is -4.58. The Morgan fingerprint density at radius 1 is 1.11 bits per heavy atom. The monoisotopic (exact) mass is 403 g/mol. The molecule has 0 fully saturated rings. The first-order chi connectivity index (χ1) is 13.3. The molecule has 28 heavy (non-hydrogen) atoms. The summed E-state index contributed by atoms with van der Waals surface area (Å²) in [7, 11) is 0. The van der Waals surface area contributed by atoms with Gasteiger partial charge in [-0.15, -0.1) is 11.3 Å². The molecule has 4 heterocycles. The van der Waals surface area contributed by atoms with Crippen LogP contribution in [0.5, 0.6) is 0 Å². The second-order valence-electron chi connectivity index (χ2n) is 6.03. The second kappa shape index (κ2) is 6.79. The summed E-state index contributed by atoms with van der Waals surface area (Å²) >= 11 is 1.24. The fourth-order valence-electron chi connectivity index (χ4n) is 2.80. The van der Waals surface area contributed by atoms with Gasteiger partial charge in [0.15, 0.2) is 0 Å². The maximum atomic E-state index is 13.0. The number of rotatable bonds is 3. The Morgan fingerprint density at radius 3 is 2.43 bits per heavy atom. The smallest absolute Gasteiger partial charge is 0.267 e. The van der Waals surface area contributed by atoms with Crippen LogP contribution in [0.1, 0.15) is 5.82 Å². The highest BCUT2D eigenvalue weighted by Crippen LogP contribution is 2.36. The highest BCUT2D eigenvalue weighted by molar-refractivity contribution is 7.18. The molecule has 4 rings (SSSR count). The van der Waals surface area contributed by atoms with Crippen LogP contribution in [0, 0.1) is 6.92 Å². The minimum Gasteiger partial charge on any atom is -0.267 e. The summed E-state index contributed by atoms with van der Waals surface area (Å²) in [6, 6.07) is 3.27. The SMILES string of the molecule is Cc1ncc(-c2csc3c(-c4ccncc4)nn(CC(F)(F)F)c(=O)c23)cn1. The number of aromatic nitrogens is 5. The number of nitrogens with zero attached hydrogens (tertiary/aromatic N) is 5. The Hall–Kier alpha value is -3.14. The number of pyridine rings is 1. The molecule has 0 saturated heterocycles. The van der Waals surface area contributed by atoms with E-state index in [4.69, 9.17) is 0 Å². The average molecular weight is 403 g/mol. The first-order valence-corrected chi connectivity index (χ1v) is 9.00. The Kier molecular flexibility index (Phi) is 4.42.